The van der Waals surface area contributed by atoms with Crippen molar-refractivity contribution >= 4 is 26.7 Å². The molecule has 0 bridgehead atoms. The maximum atomic E-state index is 13.8. The zero-order valence-corrected chi connectivity index (χ0v) is 11.8. The van der Waals surface area contributed by atoms with Gasteiger partial charge in [0.25, 0.3) is 0 Å². The second kappa shape index (κ2) is 5.14. The molecule has 0 aromatic heterocycles. The Labute approximate surface area is 120 Å². The van der Waals surface area contributed by atoms with Crippen LogP contribution in [0.4, 0.5) is 4.39 Å². The summed E-state index contributed by atoms with van der Waals surface area (Å²) in [6.45, 7) is 0. The molecule has 0 fully saturated rings. The molecule has 1 unspecified atom stereocenters. The van der Waals surface area contributed by atoms with Crippen LogP contribution in [0.5, 0.6) is 0 Å². The molecule has 19 heavy (non-hydrogen) atoms. The Hall–Kier alpha value is -1.67. The van der Waals surface area contributed by atoms with Gasteiger partial charge < -0.3 is 0 Å². The minimum absolute atomic E-state index is 0.0687. The SMILES string of the molecule is Fc1ccc(C(Br)c2ccccc2)c2ccccc12. The smallest absolute Gasteiger partial charge is 0.131 e. The molecular formula is C17H12BrF. The molecule has 3 aromatic rings. The van der Waals surface area contributed by atoms with E-state index >= 15 is 0 Å². The summed E-state index contributed by atoms with van der Waals surface area (Å²) in [5, 5.41) is 1.62. The largest absolute Gasteiger partial charge is 0.206 e. The lowest BCUT2D eigenvalue weighted by Gasteiger charge is -2.14. The van der Waals surface area contributed by atoms with Crippen LogP contribution < -0.4 is 0 Å². The van der Waals surface area contributed by atoms with E-state index in [0.29, 0.717) is 5.39 Å². The summed E-state index contributed by atoms with van der Waals surface area (Å²) in [6, 6.07) is 21.1. The van der Waals surface area contributed by atoms with Crippen LogP contribution >= 0.6 is 15.9 Å². The molecule has 0 aliphatic rings. The lowest BCUT2D eigenvalue weighted by Crippen LogP contribution is -1.95. The Bertz CT molecular complexity index is 707. The van der Waals surface area contributed by atoms with Crippen LogP contribution in [0.3, 0.4) is 0 Å². The van der Waals surface area contributed by atoms with E-state index in [1.54, 1.807) is 0 Å². The number of alkyl halides is 1. The zero-order valence-electron chi connectivity index (χ0n) is 10.2. The Kier molecular flexibility index (Phi) is 3.34. The molecule has 0 saturated heterocycles. The highest BCUT2D eigenvalue weighted by Gasteiger charge is 2.14. The highest BCUT2D eigenvalue weighted by Crippen LogP contribution is 2.35. The highest BCUT2D eigenvalue weighted by molar-refractivity contribution is 9.09. The first kappa shape index (κ1) is 12.4. The van der Waals surface area contributed by atoms with Gasteiger partial charge in [0.05, 0.1) is 4.83 Å². The molecule has 1 atom stereocenters. The normalized spacial score (nSPS) is 12.5. The van der Waals surface area contributed by atoms with E-state index in [1.807, 2.05) is 48.5 Å². The highest BCUT2D eigenvalue weighted by atomic mass is 79.9. The van der Waals surface area contributed by atoms with Crippen molar-refractivity contribution in [2.24, 2.45) is 0 Å². The molecule has 0 radical (unpaired) electrons. The first-order valence-corrected chi connectivity index (χ1v) is 7.05. The molecule has 3 rings (SSSR count). The number of rotatable bonds is 2. The fraction of sp³-hybridized carbons (Fsp3) is 0.0588. The van der Waals surface area contributed by atoms with Crippen molar-refractivity contribution in [2.45, 2.75) is 4.83 Å². The lowest BCUT2D eigenvalue weighted by molar-refractivity contribution is 0.639. The molecule has 0 N–H and O–H groups in total. The molecule has 0 nitrogen and oxygen atoms in total. The minimum Gasteiger partial charge on any atom is -0.206 e. The number of halogens is 2. The molecule has 0 amide bonds. The molecular weight excluding hydrogens is 303 g/mol. The summed E-state index contributed by atoms with van der Waals surface area (Å²) in [5.41, 5.74) is 2.25. The van der Waals surface area contributed by atoms with Crippen molar-refractivity contribution in [1.29, 1.82) is 0 Å². The number of benzene rings is 3. The van der Waals surface area contributed by atoms with Crippen molar-refractivity contribution < 1.29 is 4.39 Å². The van der Waals surface area contributed by atoms with Crippen LogP contribution in [0.1, 0.15) is 16.0 Å². The quantitative estimate of drug-likeness (QED) is 0.551. The molecule has 2 heteroatoms. The minimum atomic E-state index is -0.174. The summed E-state index contributed by atoms with van der Waals surface area (Å²) >= 11 is 3.72. The third kappa shape index (κ3) is 2.28. The van der Waals surface area contributed by atoms with Crippen LogP contribution in [0.15, 0.2) is 66.7 Å². The van der Waals surface area contributed by atoms with Crippen molar-refractivity contribution in [1.82, 2.24) is 0 Å². The first-order chi connectivity index (χ1) is 9.27. The van der Waals surface area contributed by atoms with E-state index in [4.69, 9.17) is 0 Å². The Balaban J connectivity index is 2.18. The number of hydrogen-bond donors (Lipinski definition) is 0. The van der Waals surface area contributed by atoms with Crippen molar-refractivity contribution in [3.05, 3.63) is 83.7 Å². The van der Waals surface area contributed by atoms with Gasteiger partial charge in [0.15, 0.2) is 0 Å². The summed E-state index contributed by atoms with van der Waals surface area (Å²) in [5.74, 6) is -0.174. The molecule has 0 heterocycles. The molecule has 3 aromatic carbocycles. The van der Waals surface area contributed by atoms with Gasteiger partial charge >= 0.3 is 0 Å². The maximum absolute atomic E-state index is 13.8. The monoisotopic (exact) mass is 314 g/mol. The van der Waals surface area contributed by atoms with E-state index in [9.17, 15) is 4.39 Å². The van der Waals surface area contributed by atoms with Gasteiger partial charge in [-0.05, 0) is 22.6 Å². The van der Waals surface area contributed by atoms with Gasteiger partial charge in [0.1, 0.15) is 5.82 Å². The summed E-state index contributed by atoms with van der Waals surface area (Å²) < 4.78 is 13.8. The van der Waals surface area contributed by atoms with Gasteiger partial charge in [-0.3, -0.25) is 0 Å². The van der Waals surface area contributed by atoms with Crippen LogP contribution in [0.2, 0.25) is 0 Å². The Morgan fingerprint density at radius 1 is 0.737 bits per heavy atom. The van der Waals surface area contributed by atoms with Gasteiger partial charge in [-0.1, -0.05) is 76.6 Å². The second-order valence-corrected chi connectivity index (χ2v) is 5.37. The zero-order chi connectivity index (χ0) is 13.2. The van der Waals surface area contributed by atoms with Crippen molar-refractivity contribution in [3.8, 4) is 0 Å². The van der Waals surface area contributed by atoms with E-state index in [-0.39, 0.29) is 10.6 Å². The number of fused-ring (bicyclic) bond motifs is 1. The molecule has 0 aliphatic carbocycles. The third-order valence-corrected chi connectivity index (χ3v) is 4.29. The summed E-state index contributed by atoms with van der Waals surface area (Å²) in [7, 11) is 0. The van der Waals surface area contributed by atoms with Gasteiger partial charge in [-0.2, -0.15) is 0 Å². The average Bonchev–Trinajstić information content (AvgIpc) is 2.48. The van der Waals surface area contributed by atoms with E-state index in [1.165, 1.54) is 11.6 Å². The van der Waals surface area contributed by atoms with Gasteiger partial charge in [0.2, 0.25) is 0 Å². The molecule has 0 aliphatic heterocycles. The molecule has 0 spiro atoms. The van der Waals surface area contributed by atoms with Crippen LogP contribution in [0, 0.1) is 5.82 Å². The Morgan fingerprint density at radius 2 is 1.37 bits per heavy atom. The van der Waals surface area contributed by atoms with E-state index in [2.05, 4.69) is 28.1 Å². The predicted molar refractivity (Wildman–Crippen MR) is 81.1 cm³/mol. The maximum Gasteiger partial charge on any atom is 0.131 e. The van der Waals surface area contributed by atoms with Gasteiger partial charge in [0, 0.05) is 5.39 Å². The van der Waals surface area contributed by atoms with Crippen LogP contribution in [-0.4, -0.2) is 0 Å². The van der Waals surface area contributed by atoms with Crippen molar-refractivity contribution in [3.63, 3.8) is 0 Å². The molecule has 94 valence electrons. The number of hydrogen-bond acceptors (Lipinski definition) is 0. The van der Waals surface area contributed by atoms with Crippen LogP contribution in [-0.2, 0) is 0 Å². The lowest BCUT2D eigenvalue weighted by atomic mass is 9.98. The predicted octanol–water partition coefficient (Wildman–Crippen LogP) is 5.46. The second-order valence-electron chi connectivity index (χ2n) is 4.46. The average molecular weight is 315 g/mol. The van der Waals surface area contributed by atoms with E-state index in [0.717, 1.165) is 10.9 Å². The molecule has 0 saturated carbocycles. The first-order valence-electron chi connectivity index (χ1n) is 6.13. The fourth-order valence-corrected chi connectivity index (χ4v) is 3.01. The fourth-order valence-electron chi connectivity index (χ4n) is 2.31. The summed E-state index contributed by atoms with van der Waals surface area (Å²) in [6.07, 6.45) is 0. The summed E-state index contributed by atoms with van der Waals surface area (Å²) in [4.78, 5) is 0.0687. The third-order valence-electron chi connectivity index (χ3n) is 3.27. The van der Waals surface area contributed by atoms with Crippen LogP contribution in [0.25, 0.3) is 10.8 Å². The standard InChI is InChI=1S/C17H12BrF/c18-17(12-6-2-1-3-7-12)15-10-11-16(19)14-9-5-4-8-13(14)15/h1-11,17H. The topological polar surface area (TPSA) is 0 Å². The van der Waals surface area contributed by atoms with E-state index < -0.39 is 0 Å². The van der Waals surface area contributed by atoms with Crippen molar-refractivity contribution in [2.75, 3.05) is 0 Å². The van der Waals surface area contributed by atoms with Gasteiger partial charge in [-0.15, -0.1) is 0 Å². The Morgan fingerprint density at radius 3 is 2.11 bits per heavy atom. The van der Waals surface area contributed by atoms with Gasteiger partial charge in [-0.25, -0.2) is 4.39 Å².